The van der Waals surface area contributed by atoms with Crippen LogP contribution in [0.15, 0.2) is 54.6 Å². The van der Waals surface area contributed by atoms with Crippen LogP contribution >= 0.6 is 0 Å². The van der Waals surface area contributed by atoms with Gasteiger partial charge in [-0.15, -0.1) is 0 Å². The van der Waals surface area contributed by atoms with E-state index in [1.54, 1.807) is 0 Å². The van der Waals surface area contributed by atoms with Crippen LogP contribution in [-0.2, 0) is 9.59 Å². The van der Waals surface area contributed by atoms with Crippen molar-refractivity contribution in [3.8, 4) is 0 Å². The first-order valence-corrected chi connectivity index (χ1v) is 7.30. The molecule has 0 heterocycles. The minimum absolute atomic E-state index is 0.257. The van der Waals surface area contributed by atoms with Gasteiger partial charge in [-0.05, 0) is 35.7 Å². The van der Waals surface area contributed by atoms with E-state index in [0.717, 1.165) is 5.56 Å². The molecule has 5 heteroatoms. The van der Waals surface area contributed by atoms with Crippen LogP contribution < -0.4 is 5.32 Å². The number of amides is 1. The van der Waals surface area contributed by atoms with E-state index >= 15 is 0 Å². The molecule has 4 nitrogen and oxygen atoms in total. The van der Waals surface area contributed by atoms with E-state index < -0.39 is 23.6 Å². The number of carboxylic acid groups (broad SMARTS) is 1. The van der Waals surface area contributed by atoms with Gasteiger partial charge < -0.3 is 10.4 Å². The molecule has 0 aliphatic carbocycles. The maximum absolute atomic E-state index is 12.9. The summed E-state index contributed by atoms with van der Waals surface area (Å²) in [6, 6.07) is 14.7. The Morgan fingerprint density at radius 1 is 1.09 bits per heavy atom. The first kappa shape index (κ1) is 16.7. The van der Waals surface area contributed by atoms with Gasteiger partial charge in [0.25, 0.3) is 0 Å². The number of carbonyl (C=O) groups is 2. The van der Waals surface area contributed by atoms with Crippen LogP contribution in [-0.4, -0.2) is 17.0 Å². The lowest BCUT2D eigenvalue weighted by molar-refractivity contribution is -0.140. The fraction of sp³-hybridized carbons (Fsp3) is 0.222. The van der Waals surface area contributed by atoms with Crippen LogP contribution in [0.5, 0.6) is 0 Å². The van der Waals surface area contributed by atoms with Crippen LogP contribution in [0.2, 0.25) is 0 Å². The Morgan fingerprint density at radius 3 is 2.26 bits per heavy atom. The Hall–Kier alpha value is -2.69. The van der Waals surface area contributed by atoms with E-state index in [2.05, 4.69) is 5.32 Å². The molecule has 0 saturated heterocycles. The molecule has 0 saturated carbocycles. The van der Waals surface area contributed by atoms with Gasteiger partial charge >= 0.3 is 5.97 Å². The zero-order valence-corrected chi connectivity index (χ0v) is 12.7. The van der Waals surface area contributed by atoms with Crippen LogP contribution in [0.3, 0.4) is 0 Å². The monoisotopic (exact) mass is 315 g/mol. The molecule has 0 fully saturated rings. The maximum Gasteiger partial charge on any atom is 0.304 e. The molecule has 2 unspecified atom stereocenters. The van der Waals surface area contributed by atoms with Crippen molar-refractivity contribution in [1.29, 1.82) is 0 Å². The zero-order chi connectivity index (χ0) is 16.8. The highest BCUT2D eigenvalue weighted by molar-refractivity contribution is 5.95. The minimum atomic E-state index is -1.04. The molecule has 1 amide bonds. The van der Waals surface area contributed by atoms with Crippen molar-refractivity contribution in [3.05, 3.63) is 66.0 Å². The summed E-state index contributed by atoms with van der Waals surface area (Å²) in [5.41, 5.74) is 1.33. The number of anilines is 1. The van der Waals surface area contributed by atoms with Crippen molar-refractivity contribution < 1.29 is 19.1 Å². The Morgan fingerprint density at radius 2 is 1.70 bits per heavy atom. The van der Waals surface area contributed by atoms with Gasteiger partial charge in [0, 0.05) is 5.69 Å². The zero-order valence-electron chi connectivity index (χ0n) is 12.7. The second-order valence-corrected chi connectivity index (χ2v) is 5.40. The molecule has 0 aromatic heterocycles. The average molecular weight is 315 g/mol. The Kier molecular flexibility index (Phi) is 5.46. The van der Waals surface area contributed by atoms with E-state index in [1.165, 1.54) is 24.3 Å². The third-order valence-electron chi connectivity index (χ3n) is 3.77. The molecule has 0 aliphatic heterocycles. The van der Waals surface area contributed by atoms with E-state index in [9.17, 15) is 14.0 Å². The maximum atomic E-state index is 12.9. The number of carboxylic acids is 1. The lowest BCUT2D eigenvalue weighted by atomic mass is 9.84. The molecule has 0 aliphatic rings. The molecule has 23 heavy (non-hydrogen) atoms. The third-order valence-corrected chi connectivity index (χ3v) is 3.77. The fourth-order valence-electron chi connectivity index (χ4n) is 2.44. The van der Waals surface area contributed by atoms with Crippen molar-refractivity contribution in [2.24, 2.45) is 5.92 Å². The highest BCUT2D eigenvalue weighted by Crippen LogP contribution is 2.28. The van der Waals surface area contributed by atoms with Crippen molar-refractivity contribution in [3.63, 3.8) is 0 Å². The summed E-state index contributed by atoms with van der Waals surface area (Å²) < 4.78 is 12.9. The molecule has 2 rings (SSSR count). The summed E-state index contributed by atoms with van der Waals surface area (Å²) in [7, 11) is 0. The second kappa shape index (κ2) is 7.54. The normalized spacial score (nSPS) is 13.1. The SMILES string of the molecule is CC(c1ccccc1)C(CC(=O)O)C(=O)Nc1ccc(F)cc1. The largest absolute Gasteiger partial charge is 0.481 e. The molecular weight excluding hydrogens is 297 g/mol. The van der Waals surface area contributed by atoms with Crippen LogP contribution in [0.1, 0.15) is 24.8 Å². The van der Waals surface area contributed by atoms with E-state index in [4.69, 9.17) is 5.11 Å². The Balaban J connectivity index is 2.18. The van der Waals surface area contributed by atoms with Gasteiger partial charge in [-0.25, -0.2) is 4.39 Å². The lowest BCUT2D eigenvalue weighted by Gasteiger charge is -2.22. The Labute approximate surface area is 134 Å². The first-order valence-electron chi connectivity index (χ1n) is 7.30. The van der Waals surface area contributed by atoms with E-state index in [-0.39, 0.29) is 12.3 Å². The van der Waals surface area contributed by atoms with E-state index in [0.29, 0.717) is 5.69 Å². The van der Waals surface area contributed by atoms with Crippen LogP contribution in [0, 0.1) is 11.7 Å². The third kappa shape index (κ3) is 4.64. The summed E-state index contributed by atoms with van der Waals surface area (Å²) in [6.45, 7) is 1.83. The highest BCUT2D eigenvalue weighted by Gasteiger charge is 2.28. The van der Waals surface area contributed by atoms with Crippen molar-refractivity contribution in [2.45, 2.75) is 19.3 Å². The summed E-state index contributed by atoms with van der Waals surface area (Å²) in [4.78, 5) is 23.6. The number of aliphatic carboxylic acids is 1. The van der Waals surface area contributed by atoms with Gasteiger partial charge in [0.2, 0.25) is 5.91 Å². The molecule has 0 spiro atoms. The predicted molar refractivity (Wildman–Crippen MR) is 85.6 cm³/mol. The summed E-state index contributed by atoms with van der Waals surface area (Å²) >= 11 is 0. The molecule has 0 bridgehead atoms. The van der Waals surface area contributed by atoms with Crippen molar-refractivity contribution in [2.75, 3.05) is 5.32 Å². The molecule has 0 radical (unpaired) electrons. The fourth-order valence-corrected chi connectivity index (χ4v) is 2.44. The topological polar surface area (TPSA) is 66.4 Å². The van der Waals surface area contributed by atoms with Crippen LogP contribution in [0.25, 0.3) is 0 Å². The lowest BCUT2D eigenvalue weighted by Crippen LogP contribution is -2.29. The number of rotatable bonds is 6. The summed E-state index contributed by atoms with van der Waals surface area (Å²) in [6.07, 6.45) is -0.275. The highest BCUT2D eigenvalue weighted by atomic mass is 19.1. The van der Waals surface area contributed by atoms with Gasteiger partial charge in [-0.1, -0.05) is 37.3 Å². The van der Waals surface area contributed by atoms with Gasteiger partial charge in [0.05, 0.1) is 12.3 Å². The van der Waals surface area contributed by atoms with Crippen LogP contribution in [0.4, 0.5) is 10.1 Å². The molecule has 2 N–H and O–H groups in total. The molecular formula is C18H18FNO3. The number of benzene rings is 2. The van der Waals surface area contributed by atoms with E-state index in [1.807, 2.05) is 37.3 Å². The first-order chi connectivity index (χ1) is 11.0. The number of hydrogen-bond acceptors (Lipinski definition) is 2. The number of hydrogen-bond donors (Lipinski definition) is 2. The van der Waals surface area contributed by atoms with Crippen molar-refractivity contribution in [1.82, 2.24) is 0 Å². The van der Waals surface area contributed by atoms with Gasteiger partial charge in [-0.3, -0.25) is 9.59 Å². The quantitative estimate of drug-likeness (QED) is 0.855. The van der Waals surface area contributed by atoms with Gasteiger partial charge in [-0.2, -0.15) is 0 Å². The molecule has 2 atom stereocenters. The standard InChI is InChI=1S/C18H18FNO3/c1-12(13-5-3-2-4-6-13)16(11-17(21)22)18(23)20-15-9-7-14(19)8-10-15/h2-10,12,16H,11H2,1H3,(H,20,23)(H,21,22). The number of halogens is 1. The van der Waals surface area contributed by atoms with Crippen molar-refractivity contribution >= 4 is 17.6 Å². The van der Waals surface area contributed by atoms with Gasteiger partial charge in [0.15, 0.2) is 0 Å². The predicted octanol–water partition coefficient (Wildman–Crippen LogP) is 3.66. The number of nitrogens with one attached hydrogen (secondary N) is 1. The second-order valence-electron chi connectivity index (χ2n) is 5.40. The Bertz CT molecular complexity index is 670. The molecule has 2 aromatic carbocycles. The smallest absolute Gasteiger partial charge is 0.304 e. The summed E-state index contributed by atoms with van der Waals surface area (Å²) in [5.74, 6) is -2.81. The average Bonchev–Trinajstić information content (AvgIpc) is 2.54. The molecule has 2 aromatic rings. The minimum Gasteiger partial charge on any atom is -0.481 e. The number of carbonyl (C=O) groups excluding carboxylic acids is 1. The van der Waals surface area contributed by atoms with Gasteiger partial charge in [0.1, 0.15) is 5.82 Å². The molecule has 120 valence electrons. The summed E-state index contributed by atoms with van der Waals surface area (Å²) in [5, 5.41) is 11.8.